The van der Waals surface area contributed by atoms with E-state index in [2.05, 4.69) is 5.32 Å². The van der Waals surface area contributed by atoms with Crippen LogP contribution >= 0.6 is 11.3 Å². The SMILES string of the molecule is CN(C(=O)c1cccs1)c1ccccc1C(=O)Oc1ccc(NC(=O)c2ccccc2)cc1. The van der Waals surface area contributed by atoms with Crippen LogP contribution in [0.4, 0.5) is 11.4 Å². The molecule has 0 unspecified atom stereocenters. The molecule has 0 aliphatic carbocycles. The normalized spacial score (nSPS) is 10.3. The molecule has 1 N–H and O–H groups in total. The minimum absolute atomic E-state index is 0.205. The lowest BCUT2D eigenvalue weighted by molar-refractivity contribution is 0.0735. The first kappa shape index (κ1) is 22.0. The van der Waals surface area contributed by atoms with Gasteiger partial charge in [0.25, 0.3) is 11.8 Å². The zero-order valence-electron chi connectivity index (χ0n) is 17.7. The fraction of sp³-hybridized carbons (Fsp3) is 0.0385. The number of nitrogens with zero attached hydrogens (tertiary/aromatic N) is 1. The Hall–Kier alpha value is -4.23. The maximum atomic E-state index is 12.9. The standard InChI is InChI=1S/C26H20N2O4S/c1-28(25(30)23-12-7-17-33-23)22-11-6-5-10-21(22)26(31)32-20-15-13-19(14-16-20)27-24(29)18-8-3-2-4-9-18/h2-17H,1H3,(H,27,29). The molecule has 0 aliphatic heterocycles. The van der Waals surface area contributed by atoms with Gasteiger partial charge in [-0.3, -0.25) is 9.59 Å². The van der Waals surface area contributed by atoms with E-state index in [-0.39, 0.29) is 17.4 Å². The molecule has 0 saturated carbocycles. The fourth-order valence-electron chi connectivity index (χ4n) is 3.17. The van der Waals surface area contributed by atoms with Crippen molar-refractivity contribution in [3.8, 4) is 5.75 Å². The topological polar surface area (TPSA) is 75.7 Å². The van der Waals surface area contributed by atoms with Gasteiger partial charge in [0.05, 0.1) is 16.1 Å². The van der Waals surface area contributed by atoms with Gasteiger partial charge in [0.15, 0.2) is 0 Å². The van der Waals surface area contributed by atoms with Crippen LogP contribution in [0.1, 0.15) is 30.4 Å². The Morgan fingerprint density at radius 1 is 0.818 bits per heavy atom. The van der Waals surface area contributed by atoms with E-state index in [1.54, 1.807) is 92.0 Å². The van der Waals surface area contributed by atoms with E-state index in [0.29, 0.717) is 27.6 Å². The number of amides is 2. The van der Waals surface area contributed by atoms with Gasteiger partial charge in [-0.25, -0.2) is 4.79 Å². The molecule has 0 atom stereocenters. The van der Waals surface area contributed by atoms with E-state index in [4.69, 9.17) is 4.74 Å². The second kappa shape index (κ2) is 9.93. The van der Waals surface area contributed by atoms with Crippen LogP contribution in [0.3, 0.4) is 0 Å². The van der Waals surface area contributed by atoms with Gasteiger partial charge < -0.3 is 15.0 Å². The summed E-state index contributed by atoms with van der Waals surface area (Å²) in [5.41, 5.74) is 1.84. The van der Waals surface area contributed by atoms with Gasteiger partial charge in [-0.15, -0.1) is 11.3 Å². The summed E-state index contributed by atoms with van der Waals surface area (Å²) in [4.78, 5) is 39.9. The van der Waals surface area contributed by atoms with E-state index < -0.39 is 5.97 Å². The molecule has 7 heteroatoms. The van der Waals surface area contributed by atoms with Crippen molar-refractivity contribution in [1.82, 2.24) is 0 Å². The van der Waals surface area contributed by atoms with Gasteiger partial charge in [0, 0.05) is 18.3 Å². The Bertz CT molecular complexity index is 1270. The van der Waals surface area contributed by atoms with Crippen LogP contribution in [-0.4, -0.2) is 24.8 Å². The van der Waals surface area contributed by atoms with Gasteiger partial charge in [-0.2, -0.15) is 0 Å². The summed E-state index contributed by atoms with van der Waals surface area (Å²) >= 11 is 1.34. The summed E-state index contributed by atoms with van der Waals surface area (Å²) in [6.07, 6.45) is 0. The van der Waals surface area contributed by atoms with Gasteiger partial charge in [-0.05, 0) is 60.0 Å². The molecule has 0 aliphatic rings. The highest BCUT2D eigenvalue weighted by molar-refractivity contribution is 7.12. The van der Waals surface area contributed by atoms with E-state index >= 15 is 0 Å². The summed E-state index contributed by atoms with van der Waals surface area (Å²) in [7, 11) is 1.62. The average molecular weight is 457 g/mol. The molecule has 0 radical (unpaired) electrons. The molecule has 4 aromatic rings. The van der Waals surface area contributed by atoms with E-state index in [1.165, 1.54) is 16.2 Å². The summed E-state index contributed by atoms with van der Waals surface area (Å²) in [5, 5.41) is 4.62. The molecule has 2 amide bonds. The maximum absolute atomic E-state index is 12.9. The van der Waals surface area contributed by atoms with Crippen molar-refractivity contribution < 1.29 is 19.1 Å². The third kappa shape index (κ3) is 5.16. The lowest BCUT2D eigenvalue weighted by atomic mass is 10.1. The molecule has 3 aromatic carbocycles. The fourth-order valence-corrected chi connectivity index (χ4v) is 3.87. The van der Waals surface area contributed by atoms with Crippen molar-refractivity contribution in [2.24, 2.45) is 0 Å². The van der Waals surface area contributed by atoms with Crippen molar-refractivity contribution >= 4 is 40.5 Å². The van der Waals surface area contributed by atoms with Gasteiger partial charge in [0.1, 0.15) is 5.75 Å². The van der Waals surface area contributed by atoms with Gasteiger partial charge in [0.2, 0.25) is 0 Å². The number of thiophene rings is 1. The van der Waals surface area contributed by atoms with Crippen LogP contribution in [0.5, 0.6) is 5.75 Å². The third-order valence-electron chi connectivity index (χ3n) is 4.88. The zero-order chi connectivity index (χ0) is 23.2. The predicted molar refractivity (Wildman–Crippen MR) is 129 cm³/mol. The Morgan fingerprint density at radius 3 is 2.21 bits per heavy atom. The summed E-state index contributed by atoms with van der Waals surface area (Å²) in [5.74, 6) is -0.700. The van der Waals surface area contributed by atoms with Gasteiger partial charge >= 0.3 is 5.97 Å². The number of carbonyl (C=O) groups is 3. The second-order valence-corrected chi connectivity index (χ2v) is 8.04. The lowest BCUT2D eigenvalue weighted by Gasteiger charge is -2.19. The molecule has 164 valence electrons. The van der Waals surface area contributed by atoms with Crippen LogP contribution in [0.15, 0.2) is 96.4 Å². The highest BCUT2D eigenvalue weighted by Gasteiger charge is 2.21. The molecular formula is C26H20N2O4S. The van der Waals surface area contributed by atoms with Crippen molar-refractivity contribution in [3.05, 3.63) is 112 Å². The number of anilines is 2. The van der Waals surface area contributed by atoms with Gasteiger partial charge in [-0.1, -0.05) is 36.4 Å². The molecular weight excluding hydrogens is 436 g/mol. The molecule has 1 heterocycles. The zero-order valence-corrected chi connectivity index (χ0v) is 18.5. The van der Waals surface area contributed by atoms with Crippen LogP contribution in [-0.2, 0) is 0 Å². The number of rotatable bonds is 6. The number of ether oxygens (including phenoxy) is 1. The molecule has 4 rings (SSSR count). The minimum Gasteiger partial charge on any atom is -0.423 e. The quantitative estimate of drug-likeness (QED) is 0.307. The number of nitrogens with one attached hydrogen (secondary N) is 1. The second-order valence-electron chi connectivity index (χ2n) is 7.09. The highest BCUT2D eigenvalue weighted by Crippen LogP contribution is 2.25. The third-order valence-corrected chi connectivity index (χ3v) is 5.74. The smallest absolute Gasteiger partial charge is 0.345 e. The largest absolute Gasteiger partial charge is 0.423 e. The monoisotopic (exact) mass is 456 g/mol. The molecule has 0 fully saturated rings. The lowest BCUT2D eigenvalue weighted by Crippen LogP contribution is -2.27. The highest BCUT2D eigenvalue weighted by atomic mass is 32.1. The summed E-state index contributed by atoms with van der Waals surface area (Å²) in [6, 6.07) is 25.7. The van der Waals surface area contributed by atoms with Crippen LogP contribution in [0, 0.1) is 0 Å². The van der Waals surface area contributed by atoms with Crippen molar-refractivity contribution in [2.45, 2.75) is 0 Å². The molecule has 33 heavy (non-hydrogen) atoms. The van der Waals surface area contributed by atoms with E-state index in [1.807, 2.05) is 11.4 Å². The molecule has 1 aromatic heterocycles. The van der Waals surface area contributed by atoms with Crippen LogP contribution in [0.2, 0.25) is 0 Å². The number of hydrogen-bond donors (Lipinski definition) is 1. The number of hydrogen-bond acceptors (Lipinski definition) is 5. The maximum Gasteiger partial charge on any atom is 0.345 e. The number of para-hydroxylation sites is 1. The van der Waals surface area contributed by atoms with Crippen molar-refractivity contribution in [3.63, 3.8) is 0 Å². The first-order valence-corrected chi connectivity index (χ1v) is 11.0. The number of benzene rings is 3. The summed E-state index contributed by atoms with van der Waals surface area (Å²) < 4.78 is 5.52. The molecule has 6 nitrogen and oxygen atoms in total. The summed E-state index contributed by atoms with van der Waals surface area (Å²) in [6.45, 7) is 0. The van der Waals surface area contributed by atoms with Crippen molar-refractivity contribution in [2.75, 3.05) is 17.3 Å². The first-order chi connectivity index (χ1) is 16.0. The average Bonchev–Trinajstić information content (AvgIpc) is 3.40. The molecule has 0 bridgehead atoms. The first-order valence-electron chi connectivity index (χ1n) is 10.1. The Morgan fingerprint density at radius 2 is 1.52 bits per heavy atom. The van der Waals surface area contributed by atoms with E-state index in [0.717, 1.165) is 0 Å². The number of carbonyl (C=O) groups excluding carboxylic acids is 3. The number of esters is 1. The van der Waals surface area contributed by atoms with E-state index in [9.17, 15) is 14.4 Å². The minimum atomic E-state index is -0.586. The predicted octanol–water partition coefficient (Wildman–Crippen LogP) is 5.50. The molecule has 0 spiro atoms. The Balaban J connectivity index is 1.45. The Labute approximate surface area is 195 Å². The van der Waals surface area contributed by atoms with Crippen LogP contribution in [0.25, 0.3) is 0 Å². The molecule has 0 saturated heterocycles. The van der Waals surface area contributed by atoms with Crippen LogP contribution < -0.4 is 15.0 Å². The van der Waals surface area contributed by atoms with Crippen molar-refractivity contribution in [1.29, 1.82) is 0 Å². The Kier molecular flexibility index (Phi) is 6.61.